The number of nitrogen functional groups attached to an aromatic ring is 1. The highest BCUT2D eigenvalue weighted by Gasteiger charge is 1.98. The van der Waals surface area contributed by atoms with Gasteiger partial charge in [0, 0.05) is 25.3 Å². The molecule has 0 amide bonds. The molecule has 0 radical (unpaired) electrons. The lowest BCUT2D eigenvalue weighted by Crippen LogP contribution is -2.04. The predicted octanol–water partition coefficient (Wildman–Crippen LogP) is 0.556. The zero-order valence-electron chi connectivity index (χ0n) is 7.37. The van der Waals surface area contributed by atoms with Crippen molar-refractivity contribution in [3.63, 3.8) is 0 Å². The Bertz CT molecular complexity index is 242. The summed E-state index contributed by atoms with van der Waals surface area (Å²) in [7, 11) is 1.65. The van der Waals surface area contributed by atoms with Gasteiger partial charge in [-0.2, -0.15) is 0 Å². The molecule has 0 aromatic carbocycles. The van der Waals surface area contributed by atoms with Crippen LogP contribution in [0.1, 0.15) is 11.5 Å². The molecular weight excluding hydrogens is 154 g/mol. The SMILES string of the molecule is COCCc1nc(C)cc(N)n1. The molecule has 0 aliphatic rings. The molecule has 66 valence electrons. The summed E-state index contributed by atoms with van der Waals surface area (Å²) in [5.74, 6) is 1.27. The first-order chi connectivity index (χ1) is 5.72. The largest absolute Gasteiger partial charge is 0.384 e. The maximum absolute atomic E-state index is 5.54. The van der Waals surface area contributed by atoms with Crippen molar-refractivity contribution in [1.29, 1.82) is 0 Å². The molecule has 0 fully saturated rings. The molecule has 4 heteroatoms. The molecule has 0 saturated heterocycles. The van der Waals surface area contributed by atoms with Gasteiger partial charge in [-0.05, 0) is 6.92 Å². The van der Waals surface area contributed by atoms with Gasteiger partial charge in [0.25, 0.3) is 0 Å². The third-order valence-electron chi connectivity index (χ3n) is 1.45. The van der Waals surface area contributed by atoms with Gasteiger partial charge >= 0.3 is 0 Å². The van der Waals surface area contributed by atoms with Crippen LogP contribution in [0.15, 0.2) is 6.07 Å². The van der Waals surface area contributed by atoms with Crippen LogP contribution < -0.4 is 5.73 Å². The Hall–Kier alpha value is -1.16. The fourth-order valence-corrected chi connectivity index (χ4v) is 0.961. The first-order valence-electron chi connectivity index (χ1n) is 3.81. The van der Waals surface area contributed by atoms with E-state index in [1.165, 1.54) is 0 Å². The number of nitrogens with zero attached hydrogens (tertiary/aromatic N) is 2. The van der Waals surface area contributed by atoms with E-state index in [0.717, 1.165) is 11.5 Å². The van der Waals surface area contributed by atoms with Gasteiger partial charge in [-0.15, -0.1) is 0 Å². The number of methoxy groups -OCH3 is 1. The maximum Gasteiger partial charge on any atom is 0.133 e. The van der Waals surface area contributed by atoms with E-state index < -0.39 is 0 Å². The second-order valence-electron chi connectivity index (χ2n) is 2.59. The number of hydrogen-bond acceptors (Lipinski definition) is 4. The van der Waals surface area contributed by atoms with Gasteiger partial charge in [0.1, 0.15) is 11.6 Å². The summed E-state index contributed by atoms with van der Waals surface area (Å²) >= 11 is 0. The fraction of sp³-hybridized carbons (Fsp3) is 0.500. The lowest BCUT2D eigenvalue weighted by molar-refractivity contribution is 0.200. The first-order valence-corrected chi connectivity index (χ1v) is 3.81. The van der Waals surface area contributed by atoms with Crippen LogP contribution >= 0.6 is 0 Å². The van der Waals surface area contributed by atoms with Gasteiger partial charge in [-0.1, -0.05) is 0 Å². The summed E-state index contributed by atoms with van der Waals surface area (Å²) in [5.41, 5.74) is 6.44. The molecule has 1 aromatic rings. The monoisotopic (exact) mass is 167 g/mol. The molecule has 1 heterocycles. The Morgan fingerprint density at radius 3 is 2.83 bits per heavy atom. The summed E-state index contributed by atoms with van der Waals surface area (Å²) in [6, 6.07) is 1.75. The van der Waals surface area contributed by atoms with Crippen LogP contribution in [0.3, 0.4) is 0 Å². The van der Waals surface area contributed by atoms with Crippen molar-refractivity contribution in [1.82, 2.24) is 9.97 Å². The molecule has 0 saturated carbocycles. The van der Waals surface area contributed by atoms with Crippen molar-refractivity contribution in [2.24, 2.45) is 0 Å². The highest BCUT2D eigenvalue weighted by Crippen LogP contribution is 2.01. The molecule has 12 heavy (non-hydrogen) atoms. The summed E-state index contributed by atoms with van der Waals surface area (Å²) in [6.07, 6.45) is 0.711. The molecule has 0 aliphatic heterocycles. The quantitative estimate of drug-likeness (QED) is 0.714. The number of rotatable bonds is 3. The molecule has 0 aliphatic carbocycles. The number of nitrogens with two attached hydrogens (primary N) is 1. The average Bonchev–Trinajstić information content (AvgIpc) is 1.99. The summed E-state index contributed by atoms with van der Waals surface area (Å²) in [4.78, 5) is 8.26. The number of hydrogen-bond donors (Lipinski definition) is 1. The van der Waals surface area contributed by atoms with Crippen molar-refractivity contribution in [2.75, 3.05) is 19.5 Å². The van der Waals surface area contributed by atoms with Crippen molar-refractivity contribution < 1.29 is 4.74 Å². The second-order valence-corrected chi connectivity index (χ2v) is 2.59. The van der Waals surface area contributed by atoms with Gasteiger partial charge in [0.05, 0.1) is 6.61 Å². The molecule has 0 unspecified atom stereocenters. The Morgan fingerprint density at radius 1 is 1.50 bits per heavy atom. The highest BCUT2D eigenvalue weighted by molar-refractivity contribution is 5.29. The normalized spacial score (nSPS) is 10.2. The molecular formula is C8H13N3O. The van der Waals surface area contributed by atoms with Crippen molar-refractivity contribution in [3.05, 3.63) is 17.6 Å². The van der Waals surface area contributed by atoms with Crippen LogP contribution in [0.5, 0.6) is 0 Å². The molecule has 0 atom stereocenters. The average molecular weight is 167 g/mol. The van der Waals surface area contributed by atoms with Gasteiger partial charge in [0.15, 0.2) is 0 Å². The predicted molar refractivity (Wildman–Crippen MR) is 46.8 cm³/mol. The molecule has 1 aromatic heterocycles. The van der Waals surface area contributed by atoms with E-state index in [4.69, 9.17) is 10.5 Å². The summed E-state index contributed by atoms with van der Waals surface area (Å²) in [5, 5.41) is 0. The van der Waals surface area contributed by atoms with E-state index in [9.17, 15) is 0 Å². The van der Waals surface area contributed by atoms with Crippen molar-refractivity contribution in [3.8, 4) is 0 Å². The summed E-state index contributed by atoms with van der Waals surface area (Å²) < 4.78 is 4.90. The van der Waals surface area contributed by atoms with E-state index in [1.807, 2.05) is 6.92 Å². The zero-order valence-corrected chi connectivity index (χ0v) is 7.37. The van der Waals surface area contributed by atoms with E-state index in [1.54, 1.807) is 13.2 Å². The van der Waals surface area contributed by atoms with Gasteiger partial charge in [-0.3, -0.25) is 0 Å². The lowest BCUT2D eigenvalue weighted by atomic mass is 10.3. The third-order valence-corrected chi connectivity index (χ3v) is 1.45. The van der Waals surface area contributed by atoms with Crippen LogP contribution in [-0.2, 0) is 11.2 Å². The minimum absolute atomic E-state index is 0.522. The second kappa shape index (κ2) is 4.01. The molecule has 1 rings (SSSR count). The number of aryl methyl sites for hydroxylation is 1. The molecule has 0 bridgehead atoms. The molecule has 2 N–H and O–H groups in total. The maximum atomic E-state index is 5.54. The summed E-state index contributed by atoms with van der Waals surface area (Å²) in [6.45, 7) is 2.53. The van der Waals surface area contributed by atoms with Gasteiger partial charge < -0.3 is 10.5 Å². The number of anilines is 1. The Labute approximate surface area is 71.8 Å². The Kier molecular flexibility index (Phi) is 2.99. The standard InChI is InChI=1S/C8H13N3O/c1-6-5-7(9)11-8(10-6)3-4-12-2/h5H,3-4H2,1-2H3,(H2,9,10,11). The van der Waals surface area contributed by atoms with Crippen LogP contribution in [0.25, 0.3) is 0 Å². The highest BCUT2D eigenvalue weighted by atomic mass is 16.5. The van der Waals surface area contributed by atoms with Crippen LogP contribution in [0.2, 0.25) is 0 Å². The lowest BCUT2D eigenvalue weighted by Gasteiger charge is -2.01. The first kappa shape index (κ1) is 8.93. The van der Waals surface area contributed by atoms with Crippen molar-refractivity contribution >= 4 is 5.82 Å². The van der Waals surface area contributed by atoms with Gasteiger partial charge in [0.2, 0.25) is 0 Å². The van der Waals surface area contributed by atoms with Crippen LogP contribution in [0.4, 0.5) is 5.82 Å². The molecule has 4 nitrogen and oxygen atoms in total. The number of ether oxygens (including phenoxy) is 1. The van der Waals surface area contributed by atoms with Gasteiger partial charge in [-0.25, -0.2) is 9.97 Å². The third kappa shape index (κ3) is 2.47. The van der Waals surface area contributed by atoms with Crippen LogP contribution in [0, 0.1) is 6.92 Å². The van der Waals surface area contributed by atoms with Crippen molar-refractivity contribution in [2.45, 2.75) is 13.3 Å². The van der Waals surface area contributed by atoms with E-state index in [0.29, 0.717) is 18.8 Å². The number of aromatic nitrogens is 2. The Balaban J connectivity index is 2.72. The van der Waals surface area contributed by atoms with Crippen LogP contribution in [-0.4, -0.2) is 23.7 Å². The minimum atomic E-state index is 0.522. The van der Waals surface area contributed by atoms with E-state index in [2.05, 4.69) is 9.97 Å². The fourth-order valence-electron chi connectivity index (χ4n) is 0.961. The van der Waals surface area contributed by atoms with E-state index >= 15 is 0 Å². The minimum Gasteiger partial charge on any atom is -0.384 e. The Morgan fingerprint density at radius 2 is 2.25 bits per heavy atom. The smallest absolute Gasteiger partial charge is 0.133 e. The topological polar surface area (TPSA) is 61.0 Å². The zero-order chi connectivity index (χ0) is 8.97. The molecule has 0 spiro atoms. The van der Waals surface area contributed by atoms with E-state index in [-0.39, 0.29) is 0 Å².